The van der Waals surface area contributed by atoms with E-state index in [0.717, 1.165) is 13.0 Å². The summed E-state index contributed by atoms with van der Waals surface area (Å²) in [6, 6.07) is 0.0324. The SMILES string of the molecule is C[C]1CN[C@H](C(=O)N(C)C)C1. The zero-order valence-electron chi connectivity index (χ0n) is 7.35. The van der Waals surface area contributed by atoms with Crippen LogP contribution < -0.4 is 5.32 Å². The van der Waals surface area contributed by atoms with Gasteiger partial charge in [0.15, 0.2) is 0 Å². The second-order valence-electron chi connectivity index (χ2n) is 3.33. The summed E-state index contributed by atoms with van der Waals surface area (Å²) >= 11 is 0. The van der Waals surface area contributed by atoms with E-state index in [9.17, 15) is 4.79 Å². The van der Waals surface area contributed by atoms with E-state index in [2.05, 4.69) is 12.2 Å². The normalized spacial score (nSPS) is 25.5. The standard InChI is InChI=1S/C8H15N2O/c1-6-4-7(9-5-6)8(11)10(2)3/h7,9H,4-5H2,1-3H3/t7-/m0/s1. The number of hydrogen-bond acceptors (Lipinski definition) is 2. The number of rotatable bonds is 1. The van der Waals surface area contributed by atoms with Crippen LogP contribution in [0.3, 0.4) is 0 Å². The second kappa shape index (κ2) is 3.22. The molecule has 1 amide bonds. The summed E-state index contributed by atoms with van der Waals surface area (Å²) in [5.74, 6) is 1.55. The molecule has 3 nitrogen and oxygen atoms in total. The fraction of sp³-hybridized carbons (Fsp3) is 0.750. The van der Waals surface area contributed by atoms with Crippen LogP contribution in [0.15, 0.2) is 0 Å². The fourth-order valence-electron chi connectivity index (χ4n) is 1.28. The van der Waals surface area contributed by atoms with E-state index in [1.54, 1.807) is 19.0 Å². The maximum Gasteiger partial charge on any atom is 0.239 e. The van der Waals surface area contributed by atoms with Gasteiger partial charge in [-0.25, -0.2) is 0 Å². The first-order chi connectivity index (χ1) is 5.11. The van der Waals surface area contributed by atoms with Gasteiger partial charge in [-0.2, -0.15) is 0 Å². The summed E-state index contributed by atoms with van der Waals surface area (Å²) in [5.41, 5.74) is 0. The topological polar surface area (TPSA) is 32.3 Å². The van der Waals surface area contributed by atoms with Crippen LogP contribution in [0.25, 0.3) is 0 Å². The second-order valence-corrected chi connectivity index (χ2v) is 3.33. The molecule has 0 aromatic carbocycles. The number of carbonyl (C=O) groups excluding carboxylic acids is 1. The minimum absolute atomic E-state index is 0.0324. The molecule has 3 heteroatoms. The van der Waals surface area contributed by atoms with Crippen LogP contribution in [0.5, 0.6) is 0 Å². The summed E-state index contributed by atoms with van der Waals surface area (Å²) < 4.78 is 0. The van der Waals surface area contributed by atoms with Gasteiger partial charge in [-0.15, -0.1) is 0 Å². The van der Waals surface area contributed by atoms with Gasteiger partial charge in [0, 0.05) is 20.6 Å². The molecule has 0 unspecified atom stereocenters. The van der Waals surface area contributed by atoms with Gasteiger partial charge >= 0.3 is 0 Å². The van der Waals surface area contributed by atoms with Crippen LogP contribution >= 0.6 is 0 Å². The first-order valence-electron chi connectivity index (χ1n) is 3.87. The summed E-state index contributed by atoms with van der Waals surface area (Å²) in [7, 11) is 3.58. The molecule has 0 aromatic heterocycles. The Morgan fingerprint density at radius 1 is 1.64 bits per heavy atom. The molecule has 0 aromatic rings. The molecule has 1 radical (unpaired) electrons. The van der Waals surface area contributed by atoms with Gasteiger partial charge in [0.2, 0.25) is 5.91 Å². The number of carbonyl (C=O) groups is 1. The smallest absolute Gasteiger partial charge is 0.239 e. The van der Waals surface area contributed by atoms with Gasteiger partial charge in [-0.1, -0.05) is 6.92 Å². The van der Waals surface area contributed by atoms with Gasteiger partial charge in [-0.3, -0.25) is 4.79 Å². The first-order valence-corrected chi connectivity index (χ1v) is 3.87. The largest absolute Gasteiger partial charge is 0.347 e. The highest BCUT2D eigenvalue weighted by Crippen LogP contribution is 2.15. The molecule has 1 aliphatic rings. The van der Waals surface area contributed by atoms with Crippen LogP contribution in [-0.4, -0.2) is 37.5 Å². The Labute approximate surface area is 67.8 Å². The summed E-state index contributed by atoms with van der Waals surface area (Å²) in [6.45, 7) is 2.97. The zero-order valence-corrected chi connectivity index (χ0v) is 7.35. The molecule has 1 aliphatic heterocycles. The van der Waals surface area contributed by atoms with Gasteiger partial charge in [0.25, 0.3) is 0 Å². The molecule has 1 rings (SSSR count). The van der Waals surface area contributed by atoms with E-state index in [4.69, 9.17) is 0 Å². The Morgan fingerprint density at radius 3 is 2.64 bits per heavy atom. The lowest BCUT2D eigenvalue weighted by Crippen LogP contribution is -2.39. The monoisotopic (exact) mass is 155 g/mol. The average Bonchev–Trinajstić information content (AvgIpc) is 2.34. The number of likely N-dealkylation sites (N-methyl/N-ethyl adjacent to an activating group) is 1. The molecule has 1 fully saturated rings. The minimum atomic E-state index is 0.0324. The van der Waals surface area contributed by atoms with E-state index in [1.165, 1.54) is 5.92 Å². The van der Waals surface area contributed by atoms with Gasteiger partial charge in [0.05, 0.1) is 6.04 Å². The van der Waals surface area contributed by atoms with Crippen molar-refractivity contribution in [2.75, 3.05) is 20.6 Å². The zero-order chi connectivity index (χ0) is 8.43. The van der Waals surface area contributed by atoms with E-state index in [-0.39, 0.29) is 11.9 Å². The lowest BCUT2D eigenvalue weighted by atomic mass is 10.1. The molecule has 0 aliphatic carbocycles. The highest BCUT2D eigenvalue weighted by atomic mass is 16.2. The van der Waals surface area contributed by atoms with Gasteiger partial charge < -0.3 is 10.2 Å². The Balaban J connectivity index is 2.43. The Morgan fingerprint density at radius 2 is 2.27 bits per heavy atom. The lowest BCUT2D eigenvalue weighted by Gasteiger charge is -2.15. The number of nitrogens with one attached hydrogen (secondary N) is 1. The van der Waals surface area contributed by atoms with Crippen LogP contribution in [-0.2, 0) is 4.79 Å². The van der Waals surface area contributed by atoms with Crippen molar-refractivity contribution in [1.82, 2.24) is 10.2 Å². The van der Waals surface area contributed by atoms with E-state index < -0.39 is 0 Å². The van der Waals surface area contributed by atoms with Crippen molar-refractivity contribution in [2.45, 2.75) is 19.4 Å². The maximum absolute atomic E-state index is 11.3. The maximum atomic E-state index is 11.3. The Kier molecular flexibility index (Phi) is 2.49. The van der Waals surface area contributed by atoms with E-state index in [1.807, 2.05) is 0 Å². The number of nitrogens with zero attached hydrogens (tertiary/aromatic N) is 1. The van der Waals surface area contributed by atoms with Crippen LogP contribution in [0.4, 0.5) is 0 Å². The molecule has 1 heterocycles. The summed E-state index contributed by atoms with van der Waals surface area (Å²) in [5, 5.41) is 3.16. The highest BCUT2D eigenvalue weighted by Gasteiger charge is 2.27. The number of amides is 1. The minimum Gasteiger partial charge on any atom is -0.347 e. The van der Waals surface area contributed by atoms with Crippen molar-refractivity contribution in [2.24, 2.45) is 0 Å². The molecular formula is C8H15N2O. The fourth-order valence-corrected chi connectivity index (χ4v) is 1.28. The van der Waals surface area contributed by atoms with Crippen molar-refractivity contribution in [1.29, 1.82) is 0 Å². The van der Waals surface area contributed by atoms with Crippen molar-refractivity contribution in [3.8, 4) is 0 Å². The summed E-state index contributed by atoms with van der Waals surface area (Å²) in [4.78, 5) is 13.0. The Hall–Kier alpha value is -0.570. The predicted molar refractivity (Wildman–Crippen MR) is 44.0 cm³/mol. The lowest BCUT2D eigenvalue weighted by molar-refractivity contribution is -0.130. The molecular weight excluding hydrogens is 140 g/mol. The van der Waals surface area contributed by atoms with Crippen molar-refractivity contribution in [3.63, 3.8) is 0 Å². The molecule has 0 spiro atoms. The quantitative estimate of drug-likeness (QED) is 0.579. The molecule has 1 atom stereocenters. The van der Waals surface area contributed by atoms with Gasteiger partial charge in [0.1, 0.15) is 0 Å². The summed E-state index contributed by atoms with van der Waals surface area (Å²) in [6.07, 6.45) is 0.900. The molecule has 1 N–H and O–H groups in total. The van der Waals surface area contributed by atoms with Gasteiger partial charge in [-0.05, 0) is 12.3 Å². The Bertz CT molecular complexity index is 156. The van der Waals surface area contributed by atoms with E-state index in [0.29, 0.717) is 0 Å². The average molecular weight is 155 g/mol. The highest BCUT2D eigenvalue weighted by molar-refractivity contribution is 5.82. The molecule has 0 saturated carbocycles. The van der Waals surface area contributed by atoms with Crippen molar-refractivity contribution in [3.05, 3.63) is 5.92 Å². The third-order valence-corrected chi connectivity index (χ3v) is 1.94. The molecule has 63 valence electrons. The molecule has 0 bridgehead atoms. The van der Waals surface area contributed by atoms with Crippen molar-refractivity contribution >= 4 is 5.91 Å². The van der Waals surface area contributed by atoms with Crippen LogP contribution in [0.1, 0.15) is 13.3 Å². The third-order valence-electron chi connectivity index (χ3n) is 1.94. The first kappa shape index (κ1) is 8.53. The molecule has 11 heavy (non-hydrogen) atoms. The van der Waals surface area contributed by atoms with Crippen molar-refractivity contribution < 1.29 is 4.79 Å². The third kappa shape index (κ3) is 1.93. The van der Waals surface area contributed by atoms with Crippen LogP contribution in [0.2, 0.25) is 0 Å². The van der Waals surface area contributed by atoms with E-state index >= 15 is 0 Å². The number of hydrogen-bond donors (Lipinski definition) is 1. The van der Waals surface area contributed by atoms with Crippen LogP contribution in [0, 0.1) is 5.92 Å². The predicted octanol–water partition coefficient (Wildman–Crippen LogP) is 0.0309. The molecule has 1 saturated heterocycles.